The van der Waals surface area contributed by atoms with E-state index in [9.17, 15) is 5.11 Å². The van der Waals surface area contributed by atoms with Crippen LogP contribution in [0.2, 0.25) is 0 Å². The van der Waals surface area contributed by atoms with Crippen molar-refractivity contribution in [3.63, 3.8) is 0 Å². The lowest BCUT2D eigenvalue weighted by Gasteiger charge is -2.32. The highest BCUT2D eigenvalue weighted by Gasteiger charge is 2.29. The maximum absolute atomic E-state index is 9.78. The number of hydrogen-bond donors (Lipinski definition) is 1. The lowest BCUT2D eigenvalue weighted by molar-refractivity contribution is 0.0727. The predicted molar refractivity (Wildman–Crippen MR) is 64.5 cm³/mol. The van der Waals surface area contributed by atoms with Crippen molar-refractivity contribution in [1.29, 1.82) is 0 Å². The fourth-order valence-electron chi connectivity index (χ4n) is 2.69. The summed E-state index contributed by atoms with van der Waals surface area (Å²) in [4.78, 5) is 0. The second kappa shape index (κ2) is 4.21. The average Bonchev–Trinajstić information content (AvgIpc) is 2.50. The van der Waals surface area contributed by atoms with Crippen LogP contribution in [0.4, 0.5) is 0 Å². The Kier molecular flexibility index (Phi) is 3.06. The fourth-order valence-corrected chi connectivity index (χ4v) is 2.69. The molecule has 1 aliphatic carbocycles. The molecule has 3 atom stereocenters. The molecule has 1 aromatic rings. The summed E-state index contributed by atoms with van der Waals surface area (Å²) in [6.07, 6.45) is 2.74. The molecule has 1 N–H and O–H groups in total. The van der Waals surface area contributed by atoms with Crippen molar-refractivity contribution in [2.75, 3.05) is 0 Å². The van der Waals surface area contributed by atoms with Gasteiger partial charge in [0.05, 0.1) is 17.8 Å². The smallest absolute Gasteiger partial charge is 0.0625 e. The van der Waals surface area contributed by atoms with E-state index in [1.165, 1.54) is 11.3 Å². The van der Waals surface area contributed by atoms with Gasteiger partial charge in [0, 0.05) is 5.69 Å². The van der Waals surface area contributed by atoms with Crippen LogP contribution in [0.25, 0.3) is 0 Å². The quantitative estimate of drug-likeness (QED) is 0.793. The summed E-state index contributed by atoms with van der Waals surface area (Å²) < 4.78 is 2.14. The SMILES string of the molecule is Cc1nn(C2CC(O)CCC2C)c(C)c1C. The Bertz CT molecular complexity index is 384. The molecule has 0 bridgehead atoms. The van der Waals surface area contributed by atoms with Crippen LogP contribution >= 0.6 is 0 Å². The molecule has 0 amide bonds. The van der Waals surface area contributed by atoms with Gasteiger partial charge in [0.2, 0.25) is 0 Å². The van der Waals surface area contributed by atoms with Crippen LogP contribution in [-0.2, 0) is 0 Å². The van der Waals surface area contributed by atoms with E-state index in [1.54, 1.807) is 0 Å². The Balaban J connectivity index is 2.31. The van der Waals surface area contributed by atoms with Crippen molar-refractivity contribution in [3.8, 4) is 0 Å². The first-order chi connectivity index (χ1) is 7.50. The zero-order chi connectivity index (χ0) is 11.9. The zero-order valence-electron chi connectivity index (χ0n) is 10.7. The lowest BCUT2D eigenvalue weighted by Crippen LogP contribution is -2.30. The first-order valence-electron chi connectivity index (χ1n) is 6.21. The summed E-state index contributed by atoms with van der Waals surface area (Å²) in [6.45, 7) is 8.58. The number of aliphatic hydroxyl groups is 1. The second-order valence-electron chi connectivity index (χ2n) is 5.25. The number of aromatic nitrogens is 2. The molecule has 0 radical (unpaired) electrons. The van der Waals surface area contributed by atoms with Crippen LogP contribution in [-0.4, -0.2) is 21.0 Å². The minimum Gasteiger partial charge on any atom is -0.393 e. The molecular formula is C13H22N2O. The van der Waals surface area contributed by atoms with Gasteiger partial charge in [0.25, 0.3) is 0 Å². The van der Waals surface area contributed by atoms with Crippen molar-refractivity contribution in [2.24, 2.45) is 5.92 Å². The molecule has 90 valence electrons. The van der Waals surface area contributed by atoms with Crippen LogP contribution in [0, 0.1) is 26.7 Å². The molecular weight excluding hydrogens is 200 g/mol. The van der Waals surface area contributed by atoms with Gasteiger partial charge in [-0.05, 0) is 51.5 Å². The molecule has 1 fully saturated rings. The molecule has 0 aliphatic heterocycles. The monoisotopic (exact) mass is 222 g/mol. The van der Waals surface area contributed by atoms with E-state index < -0.39 is 0 Å². The Morgan fingerprint density at radius 1 is 1.25 bits per heavy atom. The molecule has 0 saturated heterocycles. The maximum atomic E-state index is 9.78. The standard InChI is InChI=1S/C13H22N2O/c1-8-5-6-12(16)7-13(8)15-11(4)9(2)10(3)14-15/h8,12-13,16H,5-7H2,1-4H3. The molecule has 0 spiro atoms. The zero-order valence-corrected chi connectivity index (χ0v) is 10.7. The third kappa shape index (κ3) is 1.88. The summed E-state index contributed by atoms with van der Waals surface area (Å²) in [7, 11) is 0. The van der Waals surface area contributed by atoms with E-state index in [4.69, 9.17) is 0 Å². The van der Waals surface area contributed by atoms with Crippen LogP contribution in [0.1, 0.15) is 49.2 Å². The average molecular weight is 222 g/mol. The fraction of sp³-hybridized carbons (Fsp3) is 0.769. The maximum Gasteiger partial charge on any atom is 0.0625 e. The topological polar surface area (TPSA) is 38.0 Å². The van der Waals surface area contributed by atoms with Crippen LogP contribution < -0.4 is 0 Å². The molecule has 3 heteroatoms. The van der Waals surface area contributed by atoms with E-state index in [0.29, 0.717) is 12.0 Å². The Morgan fingerprint density at radius 2 is 1.94 bits per heavy atom. The first-order valence-corrected chi connectivity index (χ1v) is 6.21. The van der Waals surface area contributed by atoms with E-state index in [-0.39, 0.29) is 6.10 Å². The highest BCUT2D eigenvalue weighted by atomic mass is 16.3. The van der Waals surface area contributed by atoms with Crippen molar-refractivity contribution >= 4 is 0 Å². The molecule has 2 rings (SSSR count). The number of hydrogen-bond acceptors (Lipinski definition) is 2. The van der Waals surface area contributed by atoms with Crippen molar-refractivity contribution in [3.05, 3.63) is 17.0 Å². The van der Waals surface area contributed by atoms with Crippen molar-refractivity contribution in [1.82, 2.24) is 9.78 Å². The highest BCUT2D eigenvalue weighted by molar-refractivity contribution is 5.22. The van der Waals surface area contributed by atoms with Gasteiger partial charge in [-0.1, -0.05) is 6.92 Å². The molecule has 0 aromatic carbocycles. The summed E-state index contributed by atoms with van der Waals surface area (Å²) >= 11 is 0. The third-order valence-electron chi connectivity index (χ3n) is 4.13. The third-order valence-corrected chi connectivity index (χ3v) is 4.13. The van der Waals surface area contributed by atoms with Crippen molar-refractivity contribution in [2.45, 2.75) is 59.1 Å². The van der Waals surface area contributed by atoms with E-state index in [0.717, 1.165) is 25.0 Å². The van der Waals surface area contributed by atoms with Gasteiger partial charge in [-0.2, -0.15) is 5.10 Å². The van der Waals surface area contributed by atoms with Crippen molar-refractivity contribution < 1.29 is 5.11 Å². The molecule has 1 aliphatic rings. The van der Waals surface area contributed by atoms with E-state index >= 15 is 0 Å². The molecule has 1 saturated carbocycles. The normalized spacial score (nSPS) is 30.7. The molecule has 3 nitrogen and oxygen atoms in total. The molecule has 3 unspecified atom stereocenters. The highest BCUT2D eigenvalue weighted by Crippen LogP contribution is 2.34. The molecule has 1 heterocycles. The Labute approximate surface area is 97.5 Å². The van der Waals surface area contributed by atoms with Gasteiger partial charge in [-0.15, -0.1) is 0 Å². The molecule has 1 aromatic heterocycles. The predicted octanol–water partition coefficient (Wildman–Crippen LogP) is 2.53. The summed E-state index contributed by atoms with van der Waals surface area (Å²) in [5.74, 6) is 0.612. The van der Waals surface area contributed by atoms with Gasteiger partial charge < -0.3 is 5.11 Å². The minimum absolute atomic E-state index is 0.148. The molecule has 16 heavy (non-hydrogen) atoms. The number of aryl methyl sites for hydroxylation is 1. The van der Waals surface area contributed by atoms with Gasteiger partial charge in [0.15, 0.2) is 0 Å². The summed E-state index contributed by atoms with van der Waals surface area (Å²) in [5, 5.41) is 14.4. The number of rotatable bonds is 1. The van der Waals surface area contributed by atoms with Crippen LogP contribution in [0.3, 0.4) is 0 Å². The summed E-state index contributed by atoms with van der Waals surface area (Å²) in [5.41, 5.74) is 3.65. The minimum atomic E-state index is -0.148. The van der Waals surface area contributed by atoms with Gasteiger partial charge in [-0.25, -0.2) is 0 Å². The second-order valence-corrected chi connectivity index (χ2v) is 5.25. The Morgan fingerprint density at radius 3 is 2.50 bits per heavy atom. The number of aliphatic hydroxyl groups excluding tert-OH is 1. The van der Waals surface area contributed by atoms with Gasteiger partial charge in [0.1, 0.15) is 0 Å². The van der Waals surface area contributed by atoms with Gasteiger partial charge >= 0.3 is 0 Å². The largest absolute Gasteiger partial charge is 0.393 e. The lowest BCUT2D eigenvalue weighted by atomic mass is 9.84. The number of nitrogens with zero attached hydrogens (tertiary/aromatic N) is 2. The van der Waals surface area contributed by atoms with Crippen LogP contribution in [0.5, 0.6) is 0 Å². The van der Waals surface area contributed by atoms with Gasteiger partial charge in [-0.3, -0.25) is 4.68 Å². The van der Waals surface area contributed by atoms with E-state index in [1.807, 2.05) is 0 Å². The van der Waals surface area contributed by atoms with Crippen LogP contribution in [0.15, 0.2) is 0 Å². The van der Waals surface area contributed by atoms with E-state index in [2.05, 4.69) is 37.5 Å². The Hall–Kier alpha value is -0.830. The first kappa shape index (κ1) is 11.6. The summed E-state index contributed by atoms with van der Waals surface area (Å²) in [6, 6.07) is 0.371.